The second-order valence-corrected chi connectivity index (χ2v) is 14.4. The predicted octanol–water partition coefficient (Wildman–Crippen LogP) is 10.3. The zero-order valence-electron chi connectivity index (χ0n) is 23.0. The van der Waals surface area contributed by atoms with E-state index >= 15 is 0 Å². The molecule has 3 rings (SSSR count). The van der Waals surface area contributed by atoms with E-state index in [1.807, 2.05) is 0 Å². The predicted molar refractivity (Wildman–Crippen MR) is 153 cm³/mol. The second kappa shape index (κ2) is 11.5. The fourth-order valence-electron chi connectivity index (χ4n) is 4.56. The Morgan fingerprint density at radius 1 is 0.629 bits per heavy atom. The van der Waals surface area contributed by atoms with Crippen molar-refractivity contribution in [3.63, 3.8) is 0 Å². The summed E-state index contributed by atoms with van der Waals surface area (Å²) in [5, 5.41) is 0. The molecular formula is C30H42Cl2N2Ni. The fraction of sp³-hybridized carbons (Fsp3) is 0.533. The van der Waals surface area contributed by atoms with E-state index in [0.29, 0.717) is 12.7 Å². The summed E-state index contributed by atoms with van der Waals surface area (Å²) in [6.45, 7) is 22.9. The molecule has 1 aliphatic carbocycles. The van der Waals surface area contributed by atoms with Crippen LogP contribution < -0.4 is 0 Å². The topological polar surface area (TPSA) is 24.7 Å². The zero-order valence-corrected chi connectivity index (χ0v) is 25.5. The van der Waals surface area contributed by atoms with E-state index in [2.05, 4.69) is 118 Å². The normalized spacial score (nSPS) is 20.0. The summed E-state index contributed by atoms with van der Waals surface area (Å²) in [5.74, 6) is 0. The molecule has 1 saturated carbocycles. The Bertz CT molecular complexity index is 985. The van der Waals surface area contributed by atoms with Crippen molar-refractivity contribution < 1.29 is 12.7 Å². The van der Waals surface area contributed by atoms with E-state index in [-0.39, 0.29) is 21.7 Å². The standard InChI is InChI=1S/C30H42N2.2ClH.Ni/c1-27(2,3)21-15-11-13-17-23(21)31-25-26(30(9,10)20-19-29(25,7)8)32-24-18-14-12-16-22(24)28(4,5)6;;;/h11-18H,19-20H2,1-10H3;2*1H;/q;;;+2/p-2. The zero-order chi connectivity index (χ0) is 26.7. The van der Waals surface area contributed by atoms with E-state index in [9.17, 15) is 0 Å². The van der Waals surface area contributed by atoms with Gasteiger partial charge in [-0.25, -0.2) is 0 Å². The van der Waals surface area contributed by atoms with Gasteiger partial charge in [0.05, 0.1) is 22.8 Å². The van der Waals surface area contributed by atoms with Crippen molar-refractivity contribution in [2.75, 3.05) is 0 Å². The van der Waals surface area contributed by atoms with Gasteiger partial charge in [-0.3, -0.25) is 9.98 Å². The molecule has 0 unspecified atom stereocenters. The number of halogens is 2. The van der Waals surface area contributed by atoms with Gasteiger partial charge < -0.3 is 0 Å². The first kappa shape index (κ1) is 30.1. The van der Waals surface area contributed by atoms with Crippen LogP contribution >= 0.6 is 20.4 Å². The van der Waals surface area contributed by atoms with Gasteiger partial charge in [-0.05, 0) is 46.9 Å². The Kier molecular flexibility index (Phi) is 9.88. The number of nitrogens with zero attached hydrogens (tertiary/aromatic N) is 2. The molecule has 0 saturated heterocycles. The molecule has 2 nitrogen and oxygen atoms in total. The van der Waals surface area contributed by atoms with Gasteiger partial charge in [0, 0.05) is 10.8 Å². The van der Waals surface area contributed by atoms with Crippen molar-refractivity contribution in [2.45, 2.75) is 92.9 Å². The molecule has 2 aromatic rings. The van der Waals surface area contributed by atoms with Crippen LogP contribution in [0.1, 0.15) is 93.2 Å². The van der Waals surface area contributed by atoms with Crippen LogP contribution in [0.3, 0.4) is 0 Å². The van der Waals surface area contributed by atoms with Gasteiger partial charge in [0.15, 0.2) is 0 Å². The van der Waals surface area contributed by atoms with Crippen LogP contribution in [0.15, 0.2) is 58.5 Å². The third-order valence-corrected chi connectivity index (χ3v) is 6.77. The molecule has 1 fully saturated rings. The van der Waals surface area contributed by atoms with Crippen molar-refractivity contribution in [3.8, 4) is 0 Å². The van der Waals surface area contributed by atoms with Crippen LogP contribution in [0.5, 0.6) is 0 Å². The molecule has 0 radical (unpaired) electrons. The maximum absolute atomic E-state index is 5.39. The second-order valence-electron chi connectivity index (χ2n) is 12.8. The molecule has 0 heterocycles. The first-order valence-corrected chi connectivity index (χ1v) is 15.0. The molecule has 0 aliphatic heterocycles. The summed E-state index contributed by atoms with van der Waals surface area (Å²) in [6.07, 6.45) is 2.22. The molecule has 0 N–H and O–H groups in total. The number of hydrogen-bond donors (Lipinski definition) is 0. The summed E-state index contributed by atoms with van der Waals surface area (Å²) in [7, 11) is 9.40. The van der Waals surface area contributed by atoms with Gasteiger partial charge in [0.1, 0.15) is 0 Å². The molecule has 5 heteroatoms. The number of rotatable bonds is 2. The summed E-state index contributed by atoms with van der Waals surface area (Å²) in [5.41, 5.74) is 6.96. The van der Waals surface area contributed by atoms with Gasteiger partial charge in [-0.15, -0.1) is 0 Å². The average Bonchev–Trinajstić information content (AvgIpc) is 2.74. The number of para-hydroxylation sites is 2. The molecule has 2 aromatic carbocycles. The van der Waals surface area contributed by atoms with Crippen LogP contribution in [0, 0.1) is 10.8 Å². The molecule has 1 aliphatic rings. The van der Waals surface area contributed by atoms with Crippen LogP contribution in [0.4, 0.5) is 11.4 Å². The molecule has 0 bridgehead atoms. The van der Waals surface area contributed by atoms with Gasteiger partial charge in [-0.2, -0.15) is 0 Å². The number of hydrogen-bond acceptors (Lipinski definition) is 2. The summed E-state index contributed by atoms with van der Waals surface area (Å²) in [4.78, 5) is 10.8. The van der Waals surface area contributed by atoms with Crippen LogP contribution in [0.2, 0.25) is 0 Å². The number of benzene rings is 2. The van der Waals surface area contributed by atoms with E-state index in [1.54, 1.807) is 0 Å². The Hall–Kier alpha value is -1.15. The van der Waals surface area contributed by atoms with Crippen LogP contribution in [-0.2, 0) is 23.5 Å². The summed E-state index contributed by atoms with van der Waals surface area (Å²) in [6, 6.07) is 17.2. The van der Waals surface area contributed by atoms with Crippen molar-refractivity contribution >= 4 is 43.2 Å². The van der Waals surface area contributed by atoms with Gasteiger partial charge in [0.2, 0.25) is 0 Å². The molecule has 0 aromatic heterocycles. The summed E-state index contributed by atoms with van der Waals surface area (Å²) < 4.78 is 0. The molecular weight excluding hydrogens is 518 g/mol. The fourth-order valence-corrected chi connectivity index (χ4v) is 4.56. The monoisotopic (exact) mass is 558 g/mol. The Balaban J connectivity index is 0.00000137. The first-order valence-electron chi connectivity index (χ1n) is 12.2. The Labute approximate surface area is 228 Å². The molecule has 0 spiro atoms. The van der Waals surface area contributed by atoms with Crippen molar-refractivity contribution in [1.29, 1.82) is 0 Å². The van der Waals surface area contributed by atoms with E-state index < -0.39 is 0 Å². The van der Waals surface area contributed by atoms with E-state index in [1.165, 1.54) is 11.1 Å². The minimum atomic E-state index is -0.0317. The van der Waals surface area contributed by atoms with Gasteiger partial charge in [-0.1, -0.05) is 106 Å². The maximum atomic E-state index is 5.39. The third kappa shape index (κ3) is 7.67. The number of aliphatic imine (C=N–C) groups is 2. The van der Waals surface area contributed by atoms with Crippen molar-refractivity contribution in [2.24, 2.45) is 20.8 Å². The molecule has 0 atom stereocenters. The molecule has 0 amide bonds. The Morgan fingerprint density at radius 2 is 0.914 bits per heavy atom. The summed E-state index contributed by atoms with van der Waals surface area (Å²) >= 11 is 0.569. The van der Waals surface area contributed by atoms with Gasteiger partial charge >= 0.3 is 33.0 Å². The van der Waals surface area contributed by atoms with E-state index in [4.69, 9.17) is 30.4 Å². The van der Waals surface area contributed by atoms with Gasteiger partial charge in [0.25, 0.3) is 0 Å². The van der Waals surface area contributed by atoms with Crippen LogP contribution in [0.25, 0.3) is 0 Å². The third-order valence-electron chi connectivity index (χ3n) is 6.77. The first-order chi connectivity index (χ1) is 16.0. The SMILES string of the molecule is CC1(C)CCC(C)(C)C(=Nc2ccccc2C(C)(C)C)C1=Nc1ccccc1C(C)(C)C.[Cl][Ni][Cl]. The minimum absolute atomic E-state index is 0.0317. The molecule has 35 heavy (non-hydrogen) atoms. The van der Waals surface area contributed by atoms with E-state index in [0.717, 1.165) is 35.6 Å². The van der Waals surface area contributed by atoms with Crippen molar-refractivity contribution in [3.05, 3.63) is 59.7 Å². The Morgan fingerprint density at radius 3 is 1.20 bits per heavy atom. The van der Waals surface area contributed by atoms with Crippen molar-refractivity contribution in [1.82, 2.24) is 0 Å². The average molecular weight is 560 g/mol. The quantitative estimate of drug-likeness (QED) is 0.327. The molecule has 196 valence electrons. The van der Waals surface area contributed by atoms with Crippen LogP contribution in [-0.4, -0.2) is 11.4 Å².